The van der Waals surface area contributed by atoms with Gasteiger partial charge in [0.15, 0.2) is 0 Å². The minimum atomic E-state index is 0.00387. The molecule has 0 aromatic carbocycles. The Bertz CT molecular complexity index is 798. The molecule has 0 bridgehead atoms. The molecule has 1 aliphatic heterocycles. The van der Waals surface area contributed by atoms with E-state index in [1.807, 2.05) is 24.0 Å². The maximum atomic E-state index is 6.37. The lowest BCUT2D eigenvalue weighted by atomic mass is 9.98. The van der Waals surface area contributed by atoms with E-state index in [0.29, 0.717) is 0 Å². The van der Waals surface area contributed by atoms with Crippen molar-refractivity contribution in [3.05, 3.63) is 29.8 Å². The van der Waals surface area contributed by atoms with E-state index in [2.05, 4.69) is 46.1 Å². The number of rotatable bonds is 4. The molecule has 7 heteroatoms. The van der Waals surface area contributed by atoms with Crippen molar-refractivity contribution in [2.45, 2.75) is 64.2 Å². The van der Waals surface area contributed by atoms with Gasteiger partial charge in [0.25, 0.3) is 0 Å². The van der Waals surface area contributed by atoms with Gasteiger partial charge in [0.2, 0.25) is 0 Å². The van der Waals surface area contributed by atoms with E-state index >= 15 is 0 Å². The summed E-state index contributed by atoms with van der Waals surface area (Å²) in [4.78, 5) is 11.5. The van der Waals surface area contributed by atoms with E-state index in [1.165, 1.54) is 12.8 Å². The molecule has 2 atom stereocenters. The number of hydrogen-bond acceptors (Lipinski definition) is 6. The number of ether oxygens (including phenoxy) is 1. The third kappa shape index (κ3) is 3.65. The molecule has 1 saturated heterocycles. The first-order valence-corrected chi connectivity index (χ1v) is 9.96. The van der Waals surface area contributed by atoms with Crippen LogP contribution >= 0.6 is 0 Å². The van der Waals surface area contributed by atoms with Crippen molar-refractivity contribution in [2.24, 2.45) is 7.05 Å². The zero-order valence-electron chi connectivity index (χ0n) is 16.8. The molecule has 2 aromatic heterocycles. The van der Waals surface area contributed by atoms with E-state index in [4.69, 9.17) is 4.74 Å². The molecule has 146 valence electrons. The topological polar surface area (TPSA) is 68.1 Å². The molecule has 3 heterocycles. The molecular formula is C20H30N6O. The fraction of sp³-hybridized carbons (Fsp3) is 0.650. The third-order valence-electron chi connectivity index (χ3n) is 5.81. The molecule has 27 heavy (non-hydrogen) atoms. The summed E-state index contributed by atoms with van der Waals surface area (Å²) in [7, 11) is 1.93. The van der Waals surface area contributed by atoms with Crippen molar-refractivity contribution in [3.8, 4) is 0 Å². The highest BCUT2D eigenvalue weighted by atomic mass is 16.5. The van der Waals surface area contributed by atoms with Gasteiger partial charge < -0.3 is 15.0 Å². The summed E-state index contributed by atoms with van der Waals surface area (Å²) in [5, 5.41) is 8.00. The molecule has 0 amide bonds. The van der Waals surface area contributed by atoms with Crippen LogP contribution in [0.2, 0.25) is 0 Å². The van der Waals surface area contributed by atoms with Gasteiger partial charge in [-0.15, -0.1) is 0 Å². The van der Waals surface area contributed by atoms with Crippen LogP contribution in [-0.4, -0.2) is 44.5 Å². The standard InChI is InChI=1S/C20H30N6O/c1-14-11-26(12-20(27-14)8-5-6-9-20)19-15(2)18(21-13-22-19)23-16(3)17-7-10-25(4)24-17/h7,10,13-14,16H,5-6,8-9,11-12H2,1-4H3,(H,21,22,23). The molecule has 1 saturated carbocycles. The minimum Gasteiger partial charge on any atom is -0.368 e. The number of anilines is 2. The van der Waals surface area contributed by atoms with Crippen LogP contribution in [-0.2, 0) is 11.8 Å². The van der Waals surface area contributed by atoms with E-state index in [0.717, 1.165) is 48.8 Å². The van der Waals surface area contributed by atoms with Gasteiger partial charge in [-0.25, -0.2) is 9.97 Å². The van der Waals surface area contributed by atoms with Crippen molar-refractivity contribution in [1.82, 2.24) is 19.7 Å². The average Bonchev–Trinajstić information content (AvgIpc) is 3.25. The van der Waals surface area contributed by atoms with Gasteiger partial charge in [-0.05, 0) is 39.7 Å². The summed E-state index contributed by atoms with van der Waals surface area (Å²) >= 11 is 0. The SMILES string of the molecule is Cc1c(NC(C)c2ccn(C)n2)ncnc1N1CC(C)OC2(CCCC2)C1. The molecule has 2 unspecified atom stereocenters. The summed E-state index contributed by atoms with van der Waals surface area (Å²) in [6.07, 6.45) is 8.67. The molecule has 2 aliphatic rings. The van der Waals surface area contributed by atoms with Crippen molar-refractivity contribution >= 4 is 11.6 Å². The third-order valence-corrected chi connectivity index (χ3v) is 5.81. The quantitative estimate of drug-likeness (QED) is 0.891. The molecule has 7 nitrogen and oxygen atoms in total. The summed E-state index contributed by atoms with van der Waals surface area (Å²) < 4.78 is 8.19. The van der Waals surface area contributed by atoms with Crippen LogP contribution in [0.25, 0.3) is 0 Å². The molecule has 4 rings (SSSR count). The van der Waals surface area contributed by atoms with Crippen LogP contribution in [0.4, 0.5) is 11.6 Å². The molecular weight excluding hydrogens is 340 g/mol. The number of nitrogens with zero attached hydrogens (tertiary/aromatic N) is 5. The molecule has 2 fully saturated rings. The maximum absolute atomic E-state index is 6.37. The van der Waals surface area contributed by atoms with E-state index in [1.54, 1.807) is 6.33 Å². The van der Waals surface area contributed by atoms with E-state index in [9.17, 15) is 0 Å². The Labute approximate surface area is 161 Å². The minimum absolute atomic E-state index is 0.00387. The molecule has 1 spiro atoms. The molecule has 0 radical (unpaired) electrons. The zero-order valence-corrected chi connectivity index (χ0v) is 16.8. The largest absolute Gasteiger partial charge is 0.368 e. The maximum Gasteiger partial charge on any atom is 0.137 e. The Kier molecular flexibility index (Phi) is 4.80. The summed E-state index contributed by atoms with van der Waals surface area (Å²) in [5.74, 6) is 1.89. The van der Waals surface area contributed by atoms with Gasteiger partial charge >= 0.3 is 0 Å². The van der Waals surface area contributed by atoms with E-state index in [-0.39, 0.29) is 17.7 Å². The molecule has 2 aromatic rings. The van der Waals surface area contributed by atoms with Crippen LogP contribution in [0, 0.1) is 6.92 Å². The second-order valence-electron chi connectivity index (χ2n) is 8.15. The first kappa shape index (κ1) is 18.2. The Morgan fingerprint density at radius 3 is 2.78 bits per heavy atom. The van der Waals surface area contributed by atoms with Gasteiger partial charge in [-0.1, -0.05) is 12.8 Å². The second kappa shape index (κ2) is 7.11. The van der Waals surface area contributed by atoms with Crippen molar-refractivity contribution < 1.29 is 4.74 Å². The van der Waals surface area contributed by atoms with Crippen LogP contribution in [0.3, 0.4) is 0 Å². The van der Waals surface area contributed by atoms with Crippen LogP contribution in [0.1, 0.15) is 56.8 Å². The van der Waals surface area contributed by atoms with Crippen LogP contribution in [0.5, 0.6) is 0 Å². The smallest absolute Gasteiger partial charge is 0.137 e. The predicted molar refractivity (Wildman–Crippen MR) is 106 cm³/mol. The number of aryl methyl sites for hydroxylation is 1. The van der Waals surface area contributed by atoms with Gasteiger partial charge in [0, 0.05) is 31.9 Å². The number of nitrogens with one attached hydrogen (secondary N) is 1. The Morgan fingerprint density at radius 1 is 1.30 bits per heavy atom. The summed E-state index contributed by atoms with van der Waals surface area (Å²) in [6.45, 7) is 8.17. The highest BCUT2D eigenvalue weighted by Crippen LogP contribution is 2.39. The Morgan fingerprint density at radius 2 is 2.07 bits per heavy atom. The van der Waals surface area contributed by atoms with Gasteiger partial charge in [0.05, 0.1) is 23.4 Å². The summed E-state index contributed by atoms with van der Waals surface area (Å²) in [6, 6.07) is 2.11. The lowest BCUT2D eigenvalue weighted by Crippen LogP contribution is -2.54. The Balaban J connectivity index is 1.56. The van der Waals surface area contributed by atoms with Gasteiger partial charge in [0.1, 0.15) is 18.0 Å². The van der Waals surface area contributed by atoms with Crippen LogP contribution < -0.4 is 10.2 Å². The van der Waals surface area contributed by atoms with Crippen LogP contribution in [0.15, 0.2) is 18.6 Å². The normalized spacial score (nSPS) is 23.0. The number of aromatic nitrogens is 4. The van der Waals surface area contributed by atoms with E-state index < -0.39 is 0 Å². The first-order chi connectivity index (χ1) is 13.0. The first-order valence-electron chi connectivity index (χ1n) is 9.96. The molecule has 1 N–H and O–H groups in total. The average molecular weight is 371 g/mol. The van der Waals surface area contributed by atoms with Gasteiger partial charge in [-0.3, -0.25) is 4.68 Å². The highest BCUT2D eigenvalue weighted by molar-refractivity contribution is 5.59. The fourth-order valence-corrected chi connectivity index (χ4v) is 4.53. The van der Waals surface area contributed by atoms with Crippen molar-refractivity contribution in [2.75, 3.05) is 23.3 Å². The summed E-state index contributed by atoms with van der Waals surface area (Å²) in [5.41, 5.74) is 2.09. The monoisotopic (exact) mass is 370 g/mol. The van der Waals surface area contributed by atoms with Crippen molar-refractivity contribution in [3.63, 3.8) is 0 Å². The Hall–Kier alpha value is -2.15. The predicted octanol–water partition coefficient (Wildman–Crippen LogP) is 3.23. The lowest BCUT2D eigenvalue weighted by molar-refractivity contribution is -0.0942. The van der Waals surface area contributed by atoms with Crippen molar-refractivity contribution in [1.29, 1.82) is 0 Å². The van der Waals surface area contributed by atoms with Gasteiger partial charge in [-0.2, -0.15) is 5.10 Å². The molecule has 1 aliphatic carbocycles. The zero-order chi connectivity index (χ0) is 19.0. The lowest BCUT2D eigenvalue weighted by Gasteiger charge is -2.44. The second-order valence-corrected chi connectivity index (χ2v) is 8.15. The highest BCUT2D eigenvalue weighted by Gasteiger charge is 2.42. The number of hydrogen-bond donors (Lipinski definition) is 1. The fourth-order valence-electron chi connectivity index (χ4n) is 4.53. The number of morpholine rings is 1.